The van der Waals surface area contributed by atoms with Gasteiger partial charge >= 0.3 is 6.03 Å². The monoisotopic (exact) mass is 285 g/mol. The van der Waals surface area contributed by atoms with Crippen LogP contribution in [0.4, 0.5) is 10.5 Å². The Labute approximate surface area is 116 Å². The first-order valence-electron chi connectivity index (χ1n) is 5.72. The zero-order chi connectivity index (χ0) is 14.3. The largest absolute Gasteiger partial charge is 0.495 e. The molecule has 0 heterocycles. The van der Waals surface area contributed by atoms with Crippen LogP contribution >= 0.6 is 11.6 Å². The topological polar surface area (TPSA) is 79.5 Å². The number of halogens is 1. The van der Waals surface area contributed by atoms with Gasteiger partial charge in [-0.1, -0.05) is 11.6 Å². The summed E-state index contributed by atoms with van der Waals surface area (Å²) in [6, 6.07) is 4.54. The van der Waals surface area contributed by atoms with Crippen molar-refractivity contribution in [3.63, 3.8) is 0 Å². The Kier molecular flexibility index (Phi) is 5.95. The molecule has 0 saturated heterocycles. The van der Waals surface area contributed by atoms with Crippen LogP contribution in [-0.2, 0) is 4.79 Å². The van der Waals surface area contributed by atoms with Crippen molar-refractivity contribution in [2.75, 3.05) is 25.5 Å². The molecule has 1 aromatic carbocycles. The predicted molar refractivity (Wildman–Crippen MR) is 73.7 cm³/mol. The Bertz CT molecular complexity index is 466. The van der Waals surface area contributed by atoms with E-state index in [0.717, 1.165) is 0 Å². The minimum Gasteiger partial charge on any atom is -0.495 e. The molecular weight excluding hydrogens is 270 g/mol. The Morgan fingerprint density at radius 2 is 2.11 bits per heavy atom. The average Bonchev–Trinajstić information content (AvgIpc) is 2.36. The van der Waals surface area contributed by atoms with Crippen molar-refractivity contribution >= 4 is 29.2 Å². The van der Waals surface area contributed by atoms with E-state index in [1.165, 1.54) is 7.11 Å². The average molecular weight is 286 g/mol. The lowest BCUT2D eigenvalue weighted by Gasteiger charge is -2.09. The lowest BCUT2D eigenvalue weighted by Crippen LogP contribution is -2.41. The van der Waals surface area contributed by atoms with Crippen molar-refractivity contribution < 1.29 is 14.3 Å². The van der Waals surface area contributed by atoms with Crippen LogP contribution in [0.5, 0.6) is 5.75 Å². The maximum atomic E-state index is 11.4. The van der Waals surface area contributed by atoms with Crippen molar-refractivity contribution in [2.24, 2.45) is 0 Å². The van der Waals surface area contributed by atoms with E-state index in [4.69, 9.17) is 16.3 Å². The van der Waals surface area contributed by atoms with E-state index in [9.17, 15) is 9.59 Å². The number of ether oxygens (including phenoxy) is 1. The van der Waals surface area contributed by atoms with E-state index in [-0.39, 0.29) is 6.54 Å². The third kappa shape index (κ3) is 5.05. The van der Waals surface area contributed by atoms with Crippen LogP contribution in [0.25, 0.3) is 0 Å². The van der Waals surface area contributed by atoms with Gasteiger partial charge in [-0.25, -0.2) is 4.79 Å². The third-order valence-corrected chi connectivity index (χ3v) is 2.49. The number of nitrogens with one attached hydrogen (secondary N) is 3. The summed E-state index contributed by atoms with van der Waals surface area (Å²) >= 11 is 5.94. The SMILES string of the molecule is CCNC(=O)NC(=O)CNc1ccc(OC)c(Cl)c1. The summed E-state index contributed by atoms with van der Waals surface area (Å²) in [5, 5.41) is 7.93. The molecule has 0 saturated carbocycles. The summed E-state index contributed by atoms with van der Waals surface area (Å²) in [6.45, 7) is 2.20. The van der Waals surface area contributed by atoms with Crippen LogP contribution < -0.4 is 20.7 Å². The Hall–Kier alpha value is -1.95. The van der Waals surface area contributed by atoms with Crippen molar-refractivity contribution in [3.05, 3.63) is 23.2 Å². The van der Waals surface area contributed by atoms with E-state index in [0.29, 0.717) is 23.0 Å². The highest BCUT2D eigenvalue weighted by Gasteiger charge is 2.07. The highest BCUT2D eigenvalue weighted by molar-refractivity contribution is 6.32. The third-order valence-electron chi connectivity index (χ3n) is 2.20. The van der Waals surface area contributed by atoms with Crippen LogP contribution in [0.2, 0.25) is 5.02 Å². The van der Waals surface area contributed by atoms with Gasteiger partial charge in [-0.05, 0) is 25.1 Å². The molecule has 3 amide bonds. The lowest BCUT2D eigenvalue weighted by molar-refractivity contribution is -0.118. The normalized spacial score (nSPS) is 9.63. The van der Waals surface area contributed by atoms with Gasteiger partial charge < -0.3 is 15.4 Å². The minimum atomic E-state index is -0.512. The molecule has 0 spiro atoms. The quantitative estimate of drug-likeness (QED) is 0.768. The summed E-state index contributed by atoms with van der Waals surface area (Å²) in [5.41, 5.74) is 0.664. The Balaban J connectivity index is 2.46. The first-order chi connectivity index (χ1) is 9.06. The highest BCUT2D eigenvalue weighted by atomic mass is 35.5. The molecule has 3 N–H and O–H groups in total. The van der Waals surface area contributed by atoms with Crippen molar-refractivity contribution in [1.29, 1.82) is 0 Å². The number of imide groups is 1. The molecule has 0 aromatic heterocycles. The standard InChI is InChI=1S/C12H16ClN3O3/c1-3-14-12(18)16-11(17)7-15-8-4-5-10(19-2)9(13)6-8/h4-6,15H,3,7H2,1-2H3,(H2,14,16,17,18). The first kappa shape index (κ1) is 15.1. The van der Waals surface area contributed by atoms with Gasteiger partial charge in [-0.2, -0.15) is 0 Å². The zero-order valence-corrected chi connectivity index (χ0v) is 11.5. The van der Waals surface area contributed by atoms with Gasteiger partial charge in [0.15, 0.2) is 0 Å². The molecule has 0 fully saturated rings. The van der Waals surface area contributed by atoms with Crippen molar-refractivity contribution in [1.82, 2.24) is 10.6 Å². The predicted octanol–water partition coefficient (Wildman–Crippen LogP) is 1.61. The fourth-order valence-electron chi connectivity index (χ4n) is 1.33. The number of urea groups is 1. The van der Waals surface area contributed by atoms with Crippen LogP contribution in [0, 0.1) is 0 Å². The van der Waals surface area contributed by atoms with Gasteiger partial charge in [0.2, 0.25) is 5.91 Å². The van der Waals surface area contributed by atoms with Gasteiger partial charge in [0, 0.05) is 12.2 Å². The molecule has 19 heavy (non-hydrogen) atoms. The minimum absolute atomic E-state index is 0.0280. The van der Waals surface area contributed by atoms with Gasteiger partial charge in [0.05, 0.1) is 18.7 Å². The molecule has 104 valence electrons. The van der Waals surface area contributed by atoms with Gasteiger partial charge in [-0.15, -0.1) is 0 Å². The molecule has 7 heteroatoms. The van der Waals surface area contributed by atoms with Crippen LogP contribution in [0.1, 0.15) is 6.92 Å². The van der Waals surface area contributed by atoms with E-state index in [1.54, 1.807) is 25.1 Å². The summed E-state index contributed by atoms with van der Waals surface area (Å²) in [4.78, 5) is 22.5. The number of carbonyl (C=O) groups excluding carboxylic acids is 2. The number of benzene rings is 1. The number of rotatable bonds is 5. The van der Waals surface area contributed by atoms with E-state index in [2.05, 4.69) is 16.0 Å². The smallest absolute Gasteiger partial charge is 0.321 e. The van der Waals surface area contributed by atoms with Crippen LogP contribution in [0.15, 0.2) is 18.2 Å². The van der Waals surface area contributed by atoms with E-state index in [1.807, 2.05) is 0 Å². The molecule has 0 bridgehead atoms. The van der Waals surface area contributed by atoms with Crippen molar-refractivity contribution in [2.45, 2.75) is 6.92 Å². The fourth-order valence-corrected chi connectivity index (χ4v) is 1.59. The number of anilines is 1. The van der Waals surface area contributed by atoms with Crippen LogP contribution in [-0.4, -0.2) is 32.1 Å². The van der Waals surface area contributed by atoms with E-state index >= 15 is 0 Å². The summed E-state index contributed by atoms with van der Waals surface area (Å²) in [5.74, 6) is 0.122. The molecular formula is C12H16ClN3O3. The zero-order valence-electron chi connectivity index (χ0n) is 10.7. The second kappa shape index (κ2) is 7.48. The first-order valence-corrected chi connectivity index (χ1v) is 6.09. The van der Waals surface area contributed by atoms with Crippen LogP contribution in [0.3, 0.4) is 0 Å². The highest BCUT2D eigenvalue weighted by Crippen LogP contribution is 2.26. The molecule has 0 atom stereocenters. The maximum Gasteiger partial charge on any atom is 0.321 e. The molecule has 0 radical (unpaired) electrons. The van der Waals surface area contributed by atoms with Crippen molar-refractivity contribution in [3.8, 4) is 5.75 Å². The summed E-state index contributed by atoms with van der Waals surface area (Å²) < 4.78 is 5.01. The molecule has 0 unspecified atom stereocenters. The second-order valence-corrected chi connectivity index (χ2v) is 4.02. The van der Waals surface area contributed by atoms with E-state index < -0.39 is 11.9 Å². The molecule has 6 nitrogen and oxygen atoms in total. The number of methoxy groups -OCH3 is 1. The van der Waals surface area contributed by atoms with Gasteiger partial charge in [0.1, 0.15) is 5.75 Å². The Morgan fingerprint density at radius 1 is 1.37 bits per heavy atom. The summed E-state index contributed by atoms with van der Waals surface area (Å²) in [7, 11) is 1.52. The molecule has 0 aliphatic heterocycles. The lowest BCUT2D eigenvalue weighted by atomic mass is 10.3. The number of carbonyl (C=O) groups is 2. The second-order valence-electron chi connectivity index (χ2n) is 3.61. The molecule has 0 aliphatic carbocycles. The van der Waals surface area contributed by atoms with Gasteiger partial charge in [0.25, 0.3) is 0 Å². The maximum absolute atomic E-state index is 11.4. The number of hydrogen-bond acceptors (Lipinski definition) is 4. The number of hydrogen-bond donors (Lipinski definition) is 3. The number of amides is 3. The Morgan fingerprint density at radius 3 is 2.68 bits per heavy atom. The molecule has 0 aliphatic rings. The summed E-state index contributed by atoms with van der Waals surface area (Å²) in [6.07, 6.45) is 0. The molecule has 1 rings (SSSR count). The molecule has 1 aromatic rings. The fraction of sp³-hybridized carbons (Fsp3) is 0.333. The van der Waals surface area contributed by atoms with Gasteiger partial charge in [-0.3, -0.25) is 10.1 Å².